The lowest BCUT2D eigenvalue weighted by atomic mass is 10.0. The van der Waals surface area contributed by atoms with E-state index in [-0.39, 0.29) is 0 Å². The summed E-state index contributed by atoms with van der Waals surface area (Å²) in [6.07, 6.45) is 8.55. The van der Waals surface area contributed by atoms with Gasteiger partial charge < -0.3 is 5.32 Å². The summed E-state index contributed by atoms with van der Waals surface area (Å²) >= 11 is 0. The van der Waals surface area contributed by atoms with Crippen LogP contribution in [-0.4, -0.2) is 24.5 Å². The number of hydrogen-bond acceptors (Lipinski definition) is 2. The fourth-order valence-corrected chi connectivity index (χ4v) is 3.32. The van der Waals surface area contributed by atoms with E-state index in [4.69, 9.17) is 0 Å². The minimum Gasteiger partial charge on any atom is -0.385 e. The van der Waals surface area contributed by atoms with Crippen molar-refractivity contribution in [2.24, 2.45) is 5.92 Å². The summed E-state index contributed by atoms with van der Waals surface area (Å²) in [6.45, 7) is 8.92. The van der Waals surface area contributed by atoms with Gasteiger partial charge in [0.1, 0.15) is 0 Å². The quantitative estimate of drug-likeness (QED) is 0.717. The molecule has 2 rings (SSSR count). The monoisotopic (exact) mass is 288 g/mol. The van der Waals surface area contributed by atoms with Crippen molar-refractivity contribution in [2.75, 3.05) is 25.0 Å². The molecule has 1 N–H and O–H groups in total. The van der Waals surface area contributed by atoms with Gasteiger partial charge in [0.25, 0.3) is 0 Å². The van der Waals surface area contributed by atoms with Gasteiger partial charge in [-0.3, -0.25) is 4.90 Å². The molecule has 0 bridgehead atoms. The second-order valence-electron chi connectivity index (χ2n) is 6.40. The molecular weight excluding hydrogens is 256 g/mol. The maximum atomic E-state index is 3.67. The maximum absolute atomic E-state index is 3.67. The van der Waals surface area contributed by atoms with E-state index >= 15 is 0 Å². The molecule has 0 saturated heterocycles. The fourth-order valence-electron chi connectivity index (χ4n) is 3.32. The molecule has 0 atom stereocenters. The van der Waals surface area contributed by atoms with Crippen LogP contribution >= 0.6 is 0 Å². The lowest BCUT2D eigenvalue weighted by molar-refractivity contribution is 0.296. The summed E-state index contributed by atoms with van der Waals surface area (Å²) in [4.78, 5) is 2.46. The van der Waals surface area contributed by atoms with Gasteiger partial charge in [-0.05, 0) is 49.5 Å². The van der Waals surface area contributed by atoms with Crippen molar-refractivity contribution in [1.29, 1.82) is 0 Å². The Hall–Kier alpha value is -1.02. The van der Waals surface area contributed by atoms with Crippen LogP contribution in [0.4, 0.5) is 5.69 Å². The molecule has 1 aliphatic carbocycles. The molecule has 0 aromatic heterocycles. The Labute approximate surface area is 130 Å². The van der Waals surface area contributed by atoms with E-state index in [0.717, 1.165) is 32.1 Å². The topological polar surface area (TPSA) is 15.3 Å². The average Bonchev–Trinajstić information content (AvgIpc) is 2.80. The normalized spacial score (nSPS) is 16.9. The van der Waals surface area contributed by atoms with E-state index in [1.165, 1.54) is 49.8 Å². The zero-order valence-corrected chi connectivity index (χ0v) is 13.9. The third-order valence-corrected chi connectivity index (χ3v) is 4.80. The predicted molar refractivity (Wildman–Crippen MR) is 92.7 cm³/mol. The summed E-state index contributed by atoms with van der Waals surface area (Å²) in [5, 5.41) is 3.67. The molecule has 0 amide bonds. The highest BCUT2D eigenvalue weighted by Gasteiger charge is 2.11. The standard InChI is InChI=1S/C19H32N2/c1-3-21(4-2)16-18-12-9-13-19(14-18)20-15-17-10-7-5-6-8-11-17/h9,12-14,17,20H,3-8,10-11,15-16H2,1-2H3. The van der Waals surface area contributed by atoms with Crippen LogP contribution in [0.5, 0.6) is 0 Å². The van der Waals surface area contributed by atoms with Crippen molar-refractivity contribution >= 4 is 5.69 Å². The molecule has 1 aliphatic rings. The molecule has 1 saturated carbocycles. The molecular formula is C19H32N2. The largest absolute Gasteiger partial charge is 0.385 e. The number of hydrogen-bond donors (Lipinski definition) is 1. The van der Waals surface area contributed by atoms with Crippen LogP contribution in [0.1, 0.15) is 57.9 Å². The predicted octanol–water partition coefficient (Wildman–Crippen LogP) is 4.91. The molecule has 1 fully saturated rings. The first-order valence-electron chi connectivity index (χ1n) is 8.87. The highest BCUT2D eigenvalue weighted by atomic mass is 15.1. The summed E-state index contributed by atoms with van der Waals surface area (Å²) in [5.41, 5.74) is 2.72. The molecule has 1 aromatic rings. The van der Waals surface area contributed by atoms with Gasteiger partial charge in [0.15, 0.2) is 0 Å². The molecule has 2 nitrogen and oxygen atoms in total. The third kappa shape index (κ3) is 5.70. The fraction of sp³-hybridized carbons (Fsp3) is 0.684. The maximum Gasteiger partial charge on any atom is 0.0343 e. The minimum absolute atomic E-state index is 0.874. The van der Waals surface area contributed by atoms with Gasteiger partial charge in [0.05, 0.1) is 0 Å². The third-order valence-electron chi connectivity index (χ3n) is 4.80. The Morgan fingerprint density at radius 3 is 2.43 bits per heavy atom. The zero-order valence-electron chi connectivity index (χ0n) is 13.9. The molecule has 0 spiro atoms. The first kappa shape index (κ1) is 16.4. The molecule has 0 aliphatic heterocycles. The van der Waals surface area contributed by atoms with Gasteiger partial charge in [-0.15, -0.1) is 0 Å². The Morgan fingerprint density at radius 2 is 1.76 bits per heavy atom. The Balaban J connectivity index is 1.85. The van der Waals surface area contributed by atoms with Gasteiger partial charge in [-0.25, -0.2) is 0 Å². The van der Waals surface area contributed by atoms with Crippen LogP contribution in [0.3, 0.4) is 0 Å². The molecule has 0 radical (unpaired) electrons. The van der Waals surface area contributed by atoms with Crippen molar-refractivity contribution in [3.05, 3.63) is 29.8 Å². The lowest BCUT2D eigenvalue weighted by Gasteiger charge is -2.19. The second kappa shape index (κ2) is 9.09. The van der Waals surface area contributed by atoms with Crippen molar-refractivity contribution in [3.8, 4) is 0 Å². The van der Waals surface area contributed by atoms with Crippen LogP contribution in [0.25, 0.3) is 0 Å². The highest BCUT2D eigenvalue weighted by molar-refractivity contribution is 5.45. The first-order valence-corrected chi connectivity index (χ1v) is 8.87. The van der Waals surface area contributed by atoms with Crippen molar-refractivity contribution in [3.63, 3.8) is 0 Å². The summed E-state index contributed by atoms with van der Waals surface area (Å²) < 4.78 is 0. The molecule has 0 heterocycles. The van der Waals surface area contributed by atoms with Crippen LogP contribution in [0.2, 0.25) is 0 Å². The van der Waals surface area contributed by atoms with Gasteiger partial charge in [-0.1, -0.05) is 51.7 Å². The number of nitrogens with one attached hydrogen (secondary N) is 1. The van der Waals surface area contributed by atoms with Gasteiger partial charge >= 0.3 is 0 Å². The van der Waals surface area contributed by atoms with E-state index in [1.807, 2.05) is 0 Å². The first-order chi connectivity index (χ1) is 10.3. The van der Waals surface area contributed by atoms with E-state index in [9.17, 15) is 0 Å². The average molecular weight is 288 g/mol. The van der Waals surface area contributed by atoms with E-state index in [0.29, 0.717) is 0 Å². The van der Waals surface area contributed by atoms with Crippen molar-refractivity contribution < 1.29 is 0 Å². The van der Waals surface area contributed by atoms with Gasteiger partial charge in [-0.2, -0.15) is 0 Å². The van der Waals surface area contributed by atoms with Crippen molar-refractivity contribution in [2.45, 2.75) is 58.9 Å². The zero-order chi connectivity index (χ0) is 14.9. The van der Waals surface area contributed by atoms with Gasteiger partial charge in [0.2, 0.25) is 0 Å². The number of benzene rings is 1. The Kier molecular flexibility index (Phi) is 7.08. The lowest BCUT2D eigenvalue weighted by Crippen LogP contribution is -2.22. The number of nitrogens with zero attached hydrogens (tertiary/aromatic N) is 1. The molecule has 118 valence electrons. The van der Waals surface area contributed by atoms with Gasteiger partial charge in [0, 0.05) is 18.8 Å². The van der Waals surface area contributed by atoms with Crippen LogP contribution in [0, 0.1) is 5.92 Å². The molecule has 21 heavy (non-hydrogen) atoms. The second-order valence-corrected chi connectivity index (χ2v) is 6.40. The van der Waals surface area contributed by atoms with E-state index in [1.54, 1.807) is 0 Å². The number of anilines is 1. The highest BCUT2D eigenvalue weighted by Crippen LogP contribution is 2.23. The summed E-state index contributed by atoms with van der Waals surface area (Å²) in [6, 6.07) is 8.97. The Bertz CT molecular complexity index is 390. The van der Waals surface area contributed by atoms with Crippen LogP contribution in [-0.2, 0) is 6.54 Å². The Morgan fingerprint density at radius 1 is 1.05 bits per heavy atom. The van der Waals surface area contributed by atoms with E-state index < -0.39 is 0 Å². The smallest absolute Gasteiger partial charge is 0.0343 e. The molecule has 2 heteroatoms. The van der Waals surface area contributed by atoms with Crippen molar-refractivity contribution in [1.82, 2.24) is 4.90 Å². The molecule has 0 unspecified atom stereocenters. The summed E-state index contributed by atoms with van der Waals surface area (Å²) in [7, 11) is 0. The summed E-state index contributed by atoms with van der Waals surface area (Å²) in [5.74, 6) is 0.874. The van der Waals surface area contributed by atoms with Crippen LogP contribution < -0.4 is 5.32 Å². The molecule has 1 aromatic carbocycles. The van der Waals surface area contributed by atoms with Crippen LogP contribution in [0.15, 0.2) is 24.3 Å². The SMILES string of the molecule is CCN(CC)Cc1cccc(NCC2CCCCCC2)c1. The number of rotatable bonds is 7. The van der Waals surface area contributed by atoms with E-state index in [2.05, 4.69) is 48.3 Å². The minimum atomic E-state index is 0.874.